The molecule has 1 aromatic carbocycles. The highest BCUT2D eigenvalue weighted by Gasteiger charge is 2.17. The summed E-state index contributed by atoms with van der Waals surface area (Å²) in [7, 11) is 1.66. The molecule has 0 bridgehead atoms. The van der Waals surface area contributed by atoms with E-state index >= 15 is 0 Å². The molecular formula is C15H18ClN3O3. The summed E-state index contributed by atoms with van der Waals surface area (Å²) < 4.78 is 8.11. The fraction of sp³-hybridized carbons (Fsp3) is 0.333. The summed E-state index contributed by atoms with van der Waals surface area (Å²) in [5.74, 6) is 0.191. The summed E-state index contributed by atoms with van der Waals surface area (Å²) in [5, 5.41) is 2.97. The summed E-state index contributed by atoms with van der Waals surface area (Å²) in [5.41, 5.74) is -0.0571. The van der Waals surface area contributed by atoms with Crippen LogP contribution in [0.4, 0.5) is 4.79 Å². The van der Waals surface area contributed by atoms with Crippen LogP contribution in [-0.2, 0) is 7.05 Å². The zero-order valence-corrected chi connectivity index (χ0v) is 13.6. The SMILES string of the molecule is Cn1ccn(-c2ccc(Cl)c(OC(=O)NC(C)(C)C)c2)c1=O. The minimum Gasteiger partial charge on any atom is -0.409 e. The molecule has 2 aromatic rings. The topological polar surface area (TPSA) is 65.3 Å². The molecule has 1 N–H and O–H groups in total. The highest BCUT2D eigenvalue weighted by atomic mass is 35.5. The van der Waals surface area contributed by atoms with Crippen molar-refractivity contribution in [2.45, 2.75) is 26.3 Å². The maximum atomic E-state index is 11.9. The number of imidazole rings is 1. The number of halogens is 1. The van der Waals surface area contributed by atoms with Gasteiger partial charge in [0.05, 0.1) is 10.7 Å². The fourth-order valence-electron chi connectivity index (χ4n) is 1.81. The molecule has 0 aliphatic rings. The second-order valence-corrected chi connectivity index (χ2v) is 6.35. The molecule has 0 radical (unpaired) electrons. The number of nitrogens with zero attached hydrogens (tertiary/aromatic N) is 2. The molecule has 1 heterocycles. The van der Waals surface area contributed by atoms with E-state index in [0.29, 0.717) is 5.69 Å². The lowest BCUT2D eigenvalue weighted by Crippen LogP contribution is -2.42. The first-order valence-electron chi connectivity index (χ1n) is 6.71. The summed E-state index contributed by atoms with van der Waals surface area (Å²) in [6, 6.07) is 4.81. The number of hydrogen-bond acceptors (Lipinski definition) is 3. The van der Waals surface area contributed by atoms with Gasteiger partial charge in [0.2, 0.25) is 0 Å². The van der Waals surface area contributed by atoms with Gasteiger partial charge in [0.25, 0.3) is 0 Å². The minimum atomic E-state index is -0.605. The van der Waals surface area contributed by atoms with Crippen LogP contribution in [0.25, 0.3) is 5.69 Å². The third kappa shape index (κ3) is 3.71. The van der Waals surface area contributed by atoms with Crippen LogP contribution in [0.5, 0.6) is 5.75 Å². The molecule has 0 fully saturated rings. The second kappa shape index (κ2) is 5.88. The number of hydrogen-bond donors (Lipinski definition) is 1. The van der Waals surface area contributed by atoms with Gasteiger partial charge in [-0.15, -0.1) is 0 Å². The number of nitrogens with one attached hydrogen (secondary N) is 1. The molecule has 22 heavy (non-hydrogen) atoms. The number of carbonyl (C=O) groups excluding carboxylic acids is 1. The van der Waals surface area contributed by atoms with E-state index in [-0.39, 0.29) is 16.5 Å². The lowest BCUT2D eigenvalue weighted by molar-refractivity contribution is 0.190. The van der Waals surface area contributed by atoms with E-state index in [9.17, 15) is 9.59 Å². The van der Waals surface area contributed by atoms with Gasteiger partial charge in [0.15, 0.2) is 5.75 Å². The molecule has 0 aliphatic carbocycles. The van der Waals surface area contributed by atoms with E-state index in [4.69, 9.17) is 16.3 Å². The van der Waals surface area contributed by atoms with E-state index in [1.54, 1.807) is 37.6 Å². The number of aryl methyl sites for hydroxylation is 1. The molecule has 0 aliphatic heterocycles. The Morgan fingerprint density at radius 3 is 2.50 bits per heavy atom. The van der Waals surface area contributed by atoms with Gasteiger partial charge in [-0.1, -0.05) is 11.6 Å². The van der Waals surface area contributed by atoms with Crippen LogP contribution < -0.4 is 15.7 Å². The van der Waals surface area contributed by atoms with Crippen molar-refractivity contribution in [3.8, 4) is 11.4 Å². The lowest BCUT2D eigenvalue weighted by atomic mass is 10.1. The number of ether oxygens (including phenoxy) is 1. The maximum Gasteiger partial charge on any atom is 0.413 e. The Morgan fingerprint density at radius 2 is 1.95 bits per heavy atom. The summed E-state index contributed by atoms with van der Waals surface area (Å²) in [6.07, 6.45) is 2.67. The van der Waals surface area contributed by atoms with Crippen molar-refractivity contribution >= 4 is 17.7 Å². The van der Waals surface area contributed by atoms with Crippen molar-refractivity contribution in [2.75, 3.05) is 0 Å². The Hall–Kier alpha value is -2.21. The Morgan fingerprint density at radius 1 is 1.27 bits per heavy atom. The van der Waals surface area contributed by atoms with E-state index in [1.807, 2.05) is 20.8 Å². The van der Waals surface area contributed by atoms with Gasteiger partial charge in [-0.05, 0) is 32.9 Å². The Bertz CT molecular complexity index is 756. The third-order valence-corrected chi connectivity index (χ3v) is 3.13. The monoisotopic (exact) mass is 323 g/mol. The third-order valence-electron chi connectivity index (χ3n) is 2.82. The van der Waals surface area contributed by atoms with Crippen molar-refractivity contribution in [2.24, 2.45) is 7.05 Å². The Balaban J connectivity index is 2.30. The van der Waals surface area contributed by atoms with Gasteiger partial charge in [0, 0.05) is 31.0 Å². The van der Waals surface area contributed by atoms with E-state index in [2.05, 4.69) is 5.32 Å². The first kappa shape index (κ1) is 16.2. The van der Waals surface area contributed by atoms with Crippen LogP contribution in [0.2, 0.25) is 5.02 Å². The van der Waals surface area contributed by atoms with Crippen LogP contribution in [0.1, 0.15) is 20.8 Å². The van der Waals surface area contributed by atoms with Gasteiger partial charge in [-0.2, -0.15) is 0 Å². The zero-order valence-electron chi connectivity index (χ0n) is 12.9. The molecule has 0 saturated heterocycles. The predicted molar refractivity (Wildman–Crippen MR) is 84.9 cm³/mol. The normalized spacial score (nSPS) is 11.3. The van der Waals surface area contributed by atoms with Crippen molar-refractivity contribution in [1.29, 1.82) is 0 Å². The smallest absolute Gasteiger partial charge is 0.409 e. The standard InChI is InChI=1S/C15H18ClN3O3/c1-15(2,3)17-13(20)22-12-9-10(5-6-11(12)16)19-8-7-18(4)14(19)21/h5-9H,1-4H3,(H,17,20). The number of carbonyl (C=O) groups is 1. The number of rotatable bonds is 2. The number of aromatic nitrogens is 2. The Kier molecular flexibility index (Phi) is 4.32. The van der Waals surface area contributed by atoms with E-state index in [0.717, 1.165) is 0 Å². The molecule has 0 unspecified atom stereocenters. The first-order chi connectivity index (χ1) is 10.2. The van der Waals surface area contributed by atoms with Crippen LogP contribution in [-0.4, -0.2) is 20.8 Å². The largest absolute Gasteiger partial charge is 0.413 e. The first-order valence-corrected chi connectivity index (χ1v) is 7.09. The molecule has 118 valence electrons. The van der Waals surface area contributed by atoms with Crippen LogP contribution in [0.3, 0.4) is 0 Å². The maximum absolute atomic E-state index is 11.9. The highest BCUT2D eigenvalue weighted by molar-refractivity contribution is 6.32. The molecule has 0 saturated carbocycles. The summed E-state index contributed by atoms with van der Waals surface area (Å²) in [4.78, 5) is 23.8. The zero-order chi connectivity index (χ0) is 16.5. The predicted octanol–water partition coefficient (Wildman–Crippen LogP) is 2.72. The minimum absolute atomic E-state index is 0.191. The lowest BCUT2D eigenvalue weighted by Gasteiger charge is -2.20. The number of benzene rings is 1. The van der Waals surface area contributed by atoms with Crippen LogP contribution in [0.15, 0.2) is 35.4 Å². The van der Waals surface area contributed by atoms with Crippen molar-refractivity contribution in [3.05, 3.63) is 46.1 Å². The highest BCUT2D eigenvalue weighted by Crippen LogP contribution is 2.27. The Labute approximate surface area is 133 Å². The molecule has 7 heteroatoms. The summed E-state index contributed by atoms with van der Waals surface area (Å²) in [6.45, 7) is 5.53. The molecule has 0 atom stereocenters. The molecular weight excluding hydrogens is 306 g/mol. The van der Waals surface area contributed by atoms with Crippen LogP contribution in [0, 0.1) is 0 Å². The van der Waals surface area contributed by atoms with Gasteiger partial charge in [-0.3, -0.25) is 4.57 Å². The van der Waals surface area contributed by atoms with E-state index in [1.165, 1.54) is 9.13 Å². The van der Waals surface area contributed by atoms with E-state index < -0.39 is 11.6 Å². The number of amides is 1. The second-order valence-electron chi connectivity index (χ2n) is 5.94. The average molecular weight is 324 g/mol. The van der Waals surface area contributed by atoms with Gasteiger partial charge in [0.1, 0.15) is 0 Å². The molecule has 6 nitrogen and oxygen atoms in total. The fourth-order valence-corrected chi connectivity index (χ4v) is 1.97. The van der Waals surface area contributed by atoms with Gasteiger partial charge in [-0.25, -0.2) is 9.59 Å². The van der Waals surface area contributed by atoms with Gasteiger partial charge >= 0.3 is 11.8 Å². The van der Waals surface area contributed by atoms with Crippen molar-refractivity contribution in [3.63, 3.8) is 0 Å². The van der Waals surface area contributed by atoms with Crippen LogP contribution >= 0.6 is 11.6 Å². The molecule has 2 rings (SSSR count). The molecule has 1 aromatic heterocycles. The van der Waals surface area contributed by atoms with Crippen molar-refractivity contribution in [1.82, 2.24) is 14.5 Å². The van der Waals surface area contributed by atoms with Gasteiger partial charge < -0.3 is 14.6 Å². The summed E-state index contributed by atoms with van der Waals surface area (Å²) >= 11 is 6.05. The average Bonchev–Trinajstić information content (AvgIpc) is 2.71. The van der Waals surface area contributed by atoms with Crippen molar-refractivity contribution < 1.29 is 9.53 Å². The quantitative estimate of drug-likeness (QED) is 0.924. The molecule has 0 spiro atoms. The molecule has 1 amide bonds.